The van der Waals surface area contributed by atoms with E-state index in [1.807, 2.05) is 18.2 Å². The third kappa shape index (κ3) is 3.41. The summed E-state index contributed by atoms with van der Waals surface area (Å²) in [6.45, 7) is 2.10. The summed E-state index contributed by atoms with van der Waals surface area (Å²) in [7, 11) is 0. The van der Waals surface area contributed by atoms with Gasteiger partial charge in [0, 0.05) is 24.0 Å². The summed E-state index contributed by atoms with van der Waals surface area (Å²) in [5, 5.41) is 3.76. The fourth-order valence-electron chi connectivity index (χ4n) is 3.11. The van der Waals surface area contributed by atoms with Crippen molar-refractivity contribution < 1.29 is 4.79 Å². The van der Waals surface area contributed by atoms with Crippen LogP contribution in [0.4, 0.5) is 11.4 Å². The number of nitrogens with zero attached hydrogens (tertiary/aromatic N) is 1. The predicted molar refractivity (Wildman–Crippen MR) is 88.0 cm³/mol. The Kier molecular flexibility index (Phi) is 4.49. The number of halogens is 1. The molecule has 1 heterocycles. The van der Waals surface area contributed by atoms with Gasteiger partial charge in [-0.15, -0.1) is 0 Å². The van der Waals surface area contributed by atoms with Crippen molar-refractivity contribution in [2.75, 3.05) is 23.3 Å². The monoisotopic (exact) mass is 304 g/mol. The quantitative estimate of drug-likeness (QED) is 0.847. The van der Waals surface area contributed by atoms with Crippen molar-refractivity contribution in [1.29, 1.82) is 0 Å². The Labute approximate surface area is 131 Å². The van der Waals surface area contributed by atoms with Crippen LogP contribution in [0.1, 0.15) is 32.1 Å². The van der Waals surface area contributed by atoms with E-state index in [-0.39, 0.29) is 11.8 Å². The third-order valence-electron chi connectivity index (χ3n) is 4.30. The average molecular weight is 305 g/mol. The Balaban J connectivity index is 1.78. The van der Waals surface area contributed by atoms with E-state index in [0.29, 0.717) is 5.02 Å². The Hall–Kier alpha value is -1.48. The minimum Gasteiger partial charge on any atom is -0.370 e. The Bertz CT molecular complexity index is 550. The van der Waals surface area contributed by atoms with Crippen molar-refractivity contribution in [3.05, 3.63) is 35.4 Å². The highest BCUT2D eigenvalue weighted by atomic mass is 35.5. The highest BCUT2D eigenvalue weighted by Crippen LogP contribution is 2.32. The number of amides is 1. The molecule has 1 aliphatic carbocycles. The molecule has 1 atom stereocenters. The van der Waals surface area contributed by atoms with E-state index in [9.17, 15) is 4.79 Å². The van der Waals surface area contributed by atoms with Crippen LogP contribution in [0.15, 0.2) is 30.4 Å². The van der Waals surface area contributed by atoms with Gasteiger partial charge >= 0.3 is 0 Å². The van der Waals surface area contributed by atoms with Crippen LogP contribution < -0.4 is 10.2 Å². The first-order valence-corrected chi connectivity index (χ1v) is 8.12. The second-order valence-electron chi connectivity index (χ2n) is 5.83. The number of allylic oxidation sites excluding steroid dienone is 2. The van der Waals surface area contributed by atoms with Crippen LogP contribution in [0, 0.1) is 5.92 Å². The van der Waals surface area contributed by atoms with Gasteiger partial charge in [-0.2, -0.15) is 0 Å². The van der Waals surface area contributed by atoms with Gasteiger partial charge in [0.25, 0.3) is 0 Å². The molecule has 21 heavy (non-hydrogen) atoms. The predicted octanol–water partition coefficient (Wildman–Crippen LogP) is 4.24. The molecule has 112 valence electrons. The third-order valence-corrected chi connectivity index (χ3v) is 4.54. The SMILES string of the molecule is O=C(Nc1cc(Cl)ccc1N1CCCC1)C1CC=CCC1. The number of hydrogen-bond donors (Lipinski definition) is 1. The molecule has 0 spiro atoms. The molecule has 2 aliphatic rings. The molecule has 0 bridgehead atoms. The molecule has 1 amide bonds. The summed E-state index contributed by atoms with van der Waals surface area (Å²) in [4.78, 5) is 14.8. The standard InChI is InChI=1S/C17H21ClN2O/c18-14-8-9-16(20-10-4-5-11-20)15(12-14)19-17(21)13-6-2-1-3-7-13/h1-2,8-9,12-13H,3-7,10-11H2,(H,19,21). The van der Waals surface area contributed by atoms with Gasteiger partial charge in [0.1, 0.15) is 0 Å². The van der Waals surface area contributed by atoms with E-state index >= 15 is 0 Å². The molecule has 0 aromatic heterocycles. The molecule has 4 heteroatoms. The fraction of sp³-hybridized carbons (Fsp3) is 0.471. The molecule has 1 aliphatic heterocycles. The van der Waals surface area contributed by atoms with Crippen LogP contribution in [-0.2, 0) is 4.79 Å². The zero-order valence-electron chi connectivity index (χ0n) is 12.1. The first-order valence-electron chi connectivity index (χ1n) is 7.74. The number of nitrogens with one attached hydrogen (secondary N) is 1. The van der Waals surface area contributed by atoms with E-state index in [0.717, 1.165) is 43.7 Å². The maximum atomic E-state index is 12.4. The Morgan fingerprint density at radius 2 is 2.05 bits per heavy atom. The molecular formula is C17H21ClN2O. The minimum absolute atomic E-state index is 0.0837. The molecule has 1 unspecified atom stereocenters. The molecule has 3 rings (SSSR count). The van der Waals surface area contributed by atoms with Crippen molar-refractivity contribution in [1.82, 2.24) is 0 Å². The maximum Gasteiger partial charge on any atom is 0.227 e. The number of carbonyl (C=O) groups excluding carboxylic acids is 1. The van der Waals surface area contributed by atoms with Gasteiger partial charge < -0.3 is 10.2 Å². The zero-order valence-corrected chi connectivity index (χ0v) is 12.9. The Morgan fingerprint density at radius 3 is 2.76 bits per heavy atom. The lowest BCUT2D eigenvalue weighted by atomic mass is 9.93. The molecule has 3 nitrogen and oxygen atoms in total. The lowest BCUT2D eigenvalue weighted by molar-refractivity contribution is -0.120. The van der Waals surface area contributed by atoms with Gasteiger partial charge in [-0.25, -0.2) is 0 Å². The number of benzene rings is 1. The number of anilines is 2. The van der Waals surface area contributed by atoms with E-state index in [1.54, 1.807) is 0 Å². The summed E-state index contributed by atoms with van der Waals surface area (Å²) >= 11 is 6.11. The van der Waals surface area contributed by atoms with E-state index in [1.165, 1.54) is 12.8 Å². The van der Waals surface area contributed by atoms with E-state index < -0.39 is 0 Å². The summed E-state index contributed by atoms with van der Waals surface area (Å²) in [6, 6.07) is 5.78. The summed E-state index contributed by atoms with van der Waals surface area (Å²) in [5.41, 5.74) is 1.94. The highest BCUT2D eigenvalue weighted by molar-refractivity contribution is 6.31. The van der Waals surface area contributed by atoms with Crippen LogP contribution in [0.5, 0.6) is 0 Å². The first-order chi connectivity index (χ1) is 10.2. The summed E-state index contributed by atoms with van der Waals surface area (Å²) in [6.07, 6.45) is 9.44. The van der Waals surface area contributed by atoms with Gasteiger partial charge in [-0.1, -0.05) is 23.8 Å². The molecule has 0 radical (unpaired) electrons. The van der Waals surface area contributed by atoms with Crippen molar-refractivity contribution >= 4 is 28.9 Å². The molecule has 1 aromatic carbocycles. The van der Waals surface area contributed by atoms with Crippen LogP contribution >= 0.6 is 11.6 Å². The van der Waals surface area contributed by atoms with Crippen LogP contribution in [0.25, 0.3) is 0 Å². The lowest BCUT2D eigenvalue weighted by Gasteiger charge is -2.23. The van der Waals surface area contributed by atoms with Gasteiger partial charge in [0.15, 0.2) is 0 Å². The summed E-state index contributed by atoms with van der Waals surface area (Å²) in [5.74, 6) is 0.197. The zero-order chi connectivity index (χ0) is 14.7. The summed E-state index contributed by atoms with van der Waals surface area (Å²) < 4.78 is 0. The second kappa shape index (κ2) is 6.52. The van der Waals surface area contributed by atoms with Gasteiger partial charge in [-0.3, -0.25) is 4.79 Å². The number of hydrogen-bond acceptors (Lipinski definition) is 2. The fourth-order valence-corrected chi connectivity index (χ4v) is 3.28. The maximum absolute atomic E-state index is 12.4. The highest BCUT2D eigenvalue weighted by Gasteiger charge is 2.22. The number of rotatable bonds is 3. The van der Waals surface area contributed by atoms with Crippen molar-refractivity contribution in [2.45, 2.75) is 32.1 Å². The van der Waals surface area contributed by atoms with Gasteiger partial charge in [0.05, 0.1) is 11.4 Å². The molecule has 1 N–H and O–H groups in total. The van der Waals surface area contributed by atoms with Crippen LogP contribution in [0.3, 0.4) is 0 Å². The van der Waals surface area contributed by atoms with Crippen molar-refractivity contribution in [3.8, 4) is 0 Å². The van der Waals surface area contributed by atoms with Crippen molar-refractivity contribution in [2.24, 2.45) is 5.92 Å². The molecule has 1 fully saturated rings. The normalized spacial score (nSPS) is 21.6. The Morgan fingerprint density at radius 1 is 1.24 bits per heavy atom. The van der Waals surface area contributed by atoms with Crippen LogP contribution in [-0.4, -0.2) is 19.0 Å². The molecule has 1 saturated heterocycles. The van der Waals surface area contributed by atoms with Gasteiger partial charge in [0.2, 0.25) is 5.91 Å². The van der Waals surface area contributed by atoms with E-state index in [4.69, 9.17) is 11.6 Å². The molecular weight excluding hydrogens is 284 g/mol. The number of carbonyl (C=O) groups is 1. The first kappa shape index (κ1) is 14.5. The minimum atomic E-state index is 0.0837. The lowest BCUT2D eigenvalue weighted by Crippen LogP contribution is -2.26. The van der Waals surface area contributed by atoms with Crippen LogP contribution in [0.2, 0.25) is 5.02 Å². The second-order valence-corrected chi connectivity index (χ2v) is 6.26. The van der Waals surface area contributed by atoms with Crippen molar-refractivity contribution in [3.63, 3.8) is 0 Å². The smallest absolute Gasteiger partial charge is 0.227 e. The van der Waals surface area contributed by atoms with E-state index in [2.05, 4.69) is 22.4 Å². The molecule has 1 aromatic rings. The van der Waals surface area contributed by atoms with Gasteiger partial charge in [-0.05, 0) is 50.3 Å². The molecule has 0 saturated carbocycles. The largest absolute Gasteiger partial charge is 0.370 e. The topological polar surface area (TPSA) is 32.3 Å². The average Bonchev–Trinajstić information content (AvgIpc) is 3.02.